The van der Waals surface area contributed by atoms with Gasteiger partial charge in [-0.15, -0.1) is 0 Å². The fourth-order valence-electron chi connectivity index (χ4n) is 3.45. The molecule has 4 rings (SSSR count). The van der Waals surface area contributed by atoms with Crippen molar-refractivity contribution in [2.24, 2.45) is 0 Å². The Kier molecular flexibility index (Phi) is 3.96. The Morgan fingerprint density at radius 1 is 0.926 bits per heavy atom. The van der Waals surface area contributed by atoms with E-state index in [4.69, 9.17) is 11.5 Å². The topological polar surface area (TPSA) is 101 Å². The standard InChI is InChI=1S/C21H20N4O2/c1-2-10-24-18-9-7-15-19-13(18)4-3-5-14(19)20(26)25(21(15)27)12-6-8-16(22)17(23)11-12/h3-9,11,24H,2,10,22-23H2,1H3. The summed E-state index contributed by atoms with van der Waals surface area (Å²) in [5, 5.41) is 4.92. The predicted molar refractivity (Wildman–Crippen MR) is 109 cm³/mol. The first kappa shape index (κ1) is 16.9. The highest BCUT2D eigenvalue weighted by Crippen LogP contribution is 2.36. The Hall–Kier alpha value is -3.54. The zero-order chi connectivity index (χ0) is 19.1. The number of hydrogen-bond acceptors (Lipinski definition) is 5. The zero-order valence-electron chi connectivity index (χ0n) is 15.0. The van der Waals surface area contributed by atoms with E-state index < -0.39 is 0 Å². The number of benzene rings is 3. The first-order valence-electron chi connectivity index (χ1n) is 8.86. The van der Waals surface area contributed by atoms with Crippen LogP contribution in [-0.2, 0) is 0 Å². The smallest absolute Gasteiger partial charge is 0.265 e. The maximum atomic E-state index is 13.1. The van der Waals surface area contributed by atoms with Crippen molar-refractivity contribution >= 4 is 45.3 Å². The van der Waals surface area contributed by atoms with Gasteiger partial charge in [-0.3, -0.25) is 9.59 Å². The Morgan fingerprint density at radius 2 is 1.67 bits per heavy atom. The van der Waals surface area contributed by atoms with Crippen molar-refractivity contribution in [3.8, 4) is 0 Å². The van der Waals surface area contributed by atoms with Crippen LogP contribution in [0.4, 0.5) is 22.7 Å². The van der Waals surface area contributed by atoms with Gasteiger partial charge < -0.3 is 16.8 Å². The third kappa shape index (κ3) is 2.57. The molecule has 1 aliphatic heterocycles. The lowest BCUT2D eigenvalue weighted by Crippen LogP contribution is -2.40. The fraction of sp³-hybridized carbons (Fsp3) is 0.143. The first-order chi connectivity index (χ1) is 13.0. The van der Waals surface area contributed by atoms with E-state index in [9.17, 15) is 9.59 Å². The number of nitrogens with two attached hydrogens (primary N) is 2. The number of imide groups is 1. The van der Waals surface area contributed by atoms with Crippen molar-refractivity contribution in [3.05, 3.63) is 59.7 Å². The second kappa shape index (κ2) is 6.32. The summed E-state index contributed by atoms with van der Waals surface area (Å²) in [4.78, 5) is 27.5. The summed E-state index contributed by atoms with van der Waals surface area (Å²) in [5.41, 5.74) is 14.7. The van der Waals surface area contributed by atoms with E-state index in [2.05, 4.69) is 12.2 Å². The molecule has 0 spiro atoms. The van der Waals surface area contributed by atoms with Crippen LogP contribution in [0.2, 0.25) is 0 Å². The highest BCUT2D eigenvalue weighted by molar-refractivity contribution is 6.36. The molecule has 136 valence electrons. The molecule has 2 amide bonds. The van der Waals surface area contributed by atoms with Gasteiger partial charge in [-0.2, -0.15) is 0 Å². The van der Waals surface area contributed by atoms with Crippen LogP contribution in [0.25, 0.3) is 10.8 Å². The number of hydrogen-bond donors (Lipinski definition) is 3. The minimum Gasteiger partial charge on any atom is -0.397 e. The molecule has 0 bridgehead atoms. The van der Waals surface area contributed by atoms with Crippen LogP contribution in [0.5, 0.6) is 0 Å². The van der Waals surface area contributed by atoms with Crippen LogP contribution in [-0.4, -0.2) is 18.4 Å². The molecule has 27 heavy (non-hydrogen) atoms. The Labute approximate surface area is 156 Å². The van der Waals surface area contributed by atoms with Crippen LogP contribution >= 0.6 is 0 Å². The predicted octanol–water partition coefficient (Wildman–Crippen LogP) is 3.63. The molecule has 0 fully saturated rings. The van der Waals surface area contributed by atoms with Gasteiger partial charge in [-0.1, -0.05) is 19.1 Å². The highest BCUT2D eigenvalue weighted by atomic mass is 16.2. The highest BCUT2D eigenvalue weighted by Gasteiger charge is 2.34. The molecule has 1 heterocycles. The molecule has 6 nitrogen and oxygen atoms in total. The molecule has 0 saturated heterocycles. The largest absolute Gasteiger partial charge is 0.397 e. The van der Waals surface area contributed by atoms with E-state index in [1.54, 1.807) is 30.3 Å². The van der Waals surface area contributed by atoms with Crippen LogP contribution in [0.15, 0.2) is 48.5 Å². The summed E-state index contributed by atoms with van der Waals surface area (Å²) in [6.45, 7) is 2.90. The normalized spacial score (nSPS) is 13.3. The van der Waals surface area contributed by atoms with E-state index in [0.717, 1.165) is 28.9 Å². The van der Waals surface area contributed by atoms with Crippen LogP contribution in [0.3, 0.4) is 0 Å². The van der Waals surface area contributed by atoms with E-state index in [0.29, 0.717) is 33.6 Å². The Bertz CT molecular complexity index is 1070. The van der Waals surface area contributed by atoms with E-state index in [-0.39, 0.29) is 11.8 Å². The lowest BCUT2D eigenvalue weighted by molar-refractivity contribution is 0.0893. The van der Waals surface area contributed by atoms with E-state index in [1.807, 2.05) is 18.2 Å². The maximum absolute atomic E-state index is 13.1. The summed E-state index contributed by atoms with van der Waals surface area (Å²) in [7, 11) is 0. The van der Waals surface area contributed by atoms with Crippen molar-refractivity contribution in [2.45, 2.75) is 13.3 Å². The maximum Gasteiger partial charge on any atom is 0.265 e. The molecule has 0 saturated carbocycles. The third-order valence-corrected chi connectivity index (χ3v) is 4.80. The summed E-state index contributed by atoms with van der Waals surface area (Å²) in [6, 6.07) is 13.9. The molecule has 3 aromatic rings. The van der Waals surface area contributed by atoms with E-state index in [1.165, 1.54) is 0 Å². The zero-order valence-corrected chi connectivity index (χ0v) is 15.0. The second-order valence-corrected chi connectivity index (χ2v) is 6.57. The number of nitrogens with zero attached hydrogens (tertiary/aromatic N) is 1. The van der Waals surface area contributed by atoms with Gasteiger partial charge in [0.2, 0.25) is 0 Å². The minimum atomic E-state index is -0.366. The third-order valence-electron chi connectivity index (χ3n) is 4.80. The number of nitrogen functional groups attached to an aromatic ring is 2. The average molecular weight is 360 g/mol. The van der Waals surface area contributed by atoms with Crippen molar-refractivity contribution in [1.82, 2.24) is 0 Å². The Morgan fingerprint density at radius 3 is 2.37 bits per heavy atom. The summed E-state index contributed by atoms with van der Waals surface area (Å²) in [5.74, 6) is -0.732. The number of nitrogens with one attached hydrogen (secondary N) is 1. The minimum absolute atomic E-state index is 0.330. The number of carbonyl (C=O) groups excluding carboxylic acids is 2. The number of amides is 2. The van der Waals surface area contributed by atoms with E-state index >= 15 is 0 Å². The molecular formula is C21H20N4O2. The summed E-state index contributed by atoms with van der Waals surface area (Å²) >= 11 is 0. The number of carbonyl (C=O) groups is 2. The first-order valence-corrected chi connectivity index (χ1v) is 8.86. The molecule has 1 aliphatic rings. The van der Waals surface area contributed by atoms with Gasteiger partial charge in [-0.25, -0.2) is 4.90 Å². The van der Waals surface area contributed by atoms with Gasteiger partial charge in [0.05, 0.1) is 17.1 Å². The Balaban J connectivity index is 1.89. The van der Waals surface area contributed by atoms with Gasteiger partial charge in [0.15, 0.2) is 0 Å². The molecular weight excluding hydrogens is 340 g/mol. The quantitative estimate of drug-likeness (QED) is 0.487. The van der Waals surface area contributed by atoms with Gasteiger partial charge in [0.1, 0.15) is 0 Å². The van der Waals surface area contributed by atoms with Crippen molar-refractivity contribution < 1.29 is 9.59 Å². The fourth-order valence-corrected chi connectivity index (χ4v) is 3.45. The molecule has 0 unspecified atom stereocenters. The van der Waals surface area contributed by atoms with Gasteiger partial charge in [-0.05, 0) is 42.8 Å². The van der Waals surface area contributed by atoms with Gasteiger partial charge >= 0.3 is 0 Å². The van der Waals surface area contributed by atoms with Crippen LogP contribution in [0, 0.1) is 0 Å². The van der Waals surface area contributed by atoms with Crippen molar-refractivity contribution in [3.63, 3.8) is 0 Å². The molecule has 0 aromatic heterocycles. The molecule has 0 aliphatic carbocycles. The SMILES string of the molecule is CCCNc1ccc2c3c(cccc13)C(=O)N(c1ccc(N)c(N)c1)C2=O. The second-order valence-electron chi connectivity index (χ2n) is 6.57. The van der Waals surface area contributed by atoms with Crippen LogP contribution in [0.1, 0.15) is 34.1 Å². The molecule has 6 heteroatoms. The molecule has 0 radical (unpaired) electrons. The van der Waals surface area contributed by atoms with Crippen molar-refractivity contribution in [2.75, 3.05) is 28.2 Å². The molecule has 5 N–H and O–H groups in total. The number of anilines is 4. The van der Waals surface area contributed by atoms with Gasteiger partial charge in [0.25, 0.3) is 11.8 Å². The lowest BCUT2D eigenvalue weighted by atomic mass is 9.92. The monoisotopic (exact) mass is 360 g/mol. The molecule has 3 aromatic carbocycles. The average Bonchev–Trinajstić information content (AvgIpc) is 2.67. The summed E-state index contributed by atoms with van der Waals surface area (Å²) < 4.78 is 0. The van der Waals surface area contributed by atoms with Crippen molar-refractivity contribution in [1.29, 1.82) is 0 Å². The summed E-state index contributed by atoms with van der Waals surface area (Å²) in [6.07, 6.45) is 0.979. The lowest BCUT2D eigenvalue weighted by Gasteiger charge is -2.28. The number of rotatable bonds is 4. The molecule has 0 atom stereocenters. The van der Waals surface area contributed by atoms with Crippen LogP contribution < -0.4 is 21.7 Å². The van der Waals surface area contributed by atoms with Gasteiger partial charge in [0, 0.05) is 34.1 Å².